The van der Waals surface area contributed by atoms with E-state index >= 15 is 0 Å². The van der Waals surface area contributed by atoms with Gasteiger partial charge in [-0.15, -0.1) is 0 Å². The van der Waals surface area contributed by atoms with E-state index in [1.165, 1.54) is 0 Å². The summed E-state index contributed by atoms with van der Waals surface area (Å²) in [6.07, 6.45) is -0.750. The van der Waals surface area contributed by atoms with Crippen LogP contribution in [-0.4, -0.2) is 22.8 Å². The number of carboxylic acid groups (broad SMARTS) is 1. The predicted octanol–water partition coefficient (Wildman–Crippen LogP) is 2.94. The van der Waals surface area contributed by atoms with Gasteiger partial charge >= 0.3 is 12.1 Å². The van der Waals surface area contributed by atoms with E-state index in [0.29, 0.717) is 5.56 Å². The number of amides is 1. The van der Waals surface area contributed by atoms with Crippen molar-refractivity contribution in [2.45, 2.75) is 32.4 Å². The average Bonchev–Trinajstić information content (AvgIpc) is 2.24. The Morgan fingerprint density at radius 3 is 2.37 bits per heavy atom. The molecule has 1 amide bonds. The number of hydrogen-bond acceptors (Lipinski definition) is 3. The molecule has 19 heavy (non-hydrogen) atoms. The van der Waals surface area contributed by atoms with Crippen molar-refractivity contribution in [1.82, 2.24) is 5.32 Å². The maximum absolute atomic E-state index is 11.7. The van der Waals surface area contributed by atoms with E-state index in [2.05, 4.69) is 5.32 Å². The Hall–Kier alpha value is -1.31. The van der Waals surface area contributed by atoms with Crippen molar-refractivity contribution >= 4 is 34.7 Å². The van der Waals surface area contributed by atoms with Crippen molar-refractivity contribution in [3.05, 3.63) is 33.4 Å². The second kappa shape index (κ2) is 6.23. The highest BCUT2D eigenvalue weighted by Crippen LogP contribution is 2.20. The van der Waals surface area contributed by atoms with Crippen LogP contribution in [0.3, 0.4) is 0 Å². The molecule has 1 aromatic rings. The normalized spacial score (nSPS) is 12.6. The average molecular weight is 377 g/mol. The molecule has 0 aliphatic carbocycles. The van der Waals surface area contributed by atoms with Gasteiger partial charge in [0.1, 0.15) is 5.60 Å². The Morgan fingerprint density at radius 1 is 1.32 bits per heavy atom. The smallest absolute Gasteiger partial charge is 0.408 e. The van der Waals surface area contributed by atoms with Crippen LogP contribution in [0.5, 0.6) is 0 Å². The predicted molar refractivity (Wildman–Crippen MR) is 78.9 cm³/mol. The molecule has 0 heterocycles. The minimum atomic E-state index is -1.13. The van der Waals surface area contributed by atoms with Crippen molar-refractivity contribution < 1.29 is 19.4 Å². The summed E-state index contributed by atoms with van der Waals surface area (Å²) in [7, 11) is 0. The lowest BCUT2D eigenvalue weighted by atomic mass is 10.1. The second-order valence-electron chi connectivity index (χ2n) is 4.94. The number of alkyl carbamates (subject to hydrolysis) is 1. The van der Waals surface area contributed by atoms with Crippen LogP contribution >= 0.6 is 22.6 Å². The van der Waals surface area contributed by atoms with Gasteiger partial charge in [-0.25, -0.2) is 9.59 Å². The summed E-state index contributed by atoms with van der Waals surface area (Å²) < 4.78 is 5.83. The molecule has 0 saturated carbocycles. The highest BCUT2D eigenvalue weighted by molar-refractivity contribution is 14.1. The quantitative estimate of drug-likeness (QED) is 0.795. The van der Waals surface area contributed by atoms with Crippen LogP contribution in [0, 0.1) is 3.57 Å². The van der Waals surface area contributed by atoms with Gasteiger partial charge < -0.3 is 15.2 Å². The molecular weight excluding hydrogens is 361 g/mol. The second-order valence-corrected chi connectivity index (χ2v) is 6.10. The van der Waals surface area contributed by atoms with E-state index in [-0.39, 0.29) is 0 Å². The van der Waals surface area contributed by atoms with Gasteiger partial charge in [0.15, 0.2) is 6.04 Å². The number of carboxylic acids is 1. The highest BCUT2D eigenvalue weighted by atomic mass is 127. The molecule has 0 fully saturated rings. The third kappa shape index (κ3) is 5.06. The van der Waals surface area contributed by atoms with Crippen LogP contribution in [-0.2, 0) is 9.53 Å². The van der Waals surface area contributed by atoms with Crippen LogP contribution in [0.2, 0.25) is 0 Å². The maximum atomic E-state index is 11.7. The fourth-order valence-electron chi connectivity index (χ4n) is 1.41. The van der Waals surface area contributed by atoms with Crippen molar-refractivity contribution in [1.29, 1.82) is 0 Å². The molecule has 1 atom stereocenters. The number of hydrogen-bond donors (Lipinski definition) is 2. The Morgan fingerprint density at radius 2 is 1.89 bits per heavy atom. The van der Waals surface area contributed by atoms with Gasteiger partial charge in [0.25, 0.3) is 0 Å². The lowest BCUT2D eigenvalue weighted by molar-refractivity contribution is -0.139. The molecule has 104 valence electrons. The van der Waals surface area contributed by atoms with Crippen LogP contribution in [0.25, 0.3) is 0 Å². The van der Waals surface area contributed by atoms with E-state index in [4.69, 9.17) is 4.74 Å². The van der Waals surface area contributed by atoms with Crippen LogP contribution in [0.1, 0.15) is 32.4 Å². The van der Waals surface area contributed by atoms with Gasteiger partial charge in [0, 0.05) is 3.57 Å². The number of aliphatic carboxylic acids is 1. The summed E-state index contributed by atoms with van der Waals surface area (Å²) in [6.45, 7) is 5.15. The van der Waals surface area contributed by atoms with Gasteiger partial charge in [0.2, 0.25) is 0 Å². The van der Waals surface area contributed by atoms with Crippen molar-refractivity contribution in [3.63, 3.8) is 0 Å². The van der Waals surface area contributed by atoms with Gasteiger partial charge in [-0.1, -0.05) is 18.2 Å². The highest BCUT2D eigenvalue weighted by Gasteiger charge is 2.26. The van der Waals surface area contributed by atoms with Crippen LogP contribution < -0.4 is 5.32 Å². The van der Waals surface area contributed by atoms with Crippen molar-refractivity contribution in [2.24, 2.45) is 0 Å². The number of halogens is 1. The fraction of sp³-hybridized carbons (Fsp3) is 0.385. The molecule has 0 aromatic heterocycles. The molecule has 2 N–H and O–H groups in total. The van der Waals surface area contributed by atoms with E-state index in [9.17, 15) is 14.7 Å². The molecule has 0 aliphatic heterocycles. The summed E-state index contributed by atoms with van der Waals surface area (Å²) >= 11 is 2.03. The van der Waals surface area contributed by atoms with E-state index in [1.54, 1.807) is 45.0 Å². The SMILES string of the molecule is CC(C)(C)OC(=O)N[C@@H](C(=O)O)c1ccccc1I. The lowest BCUT2D eigenvalue weighted by Crippen LogP contribution is -2.38. The van der Waals surface area contributed by atoms with Gasteiger partial charge in [-0.2, -0.15) is 0 Å². The largest absolute Gasteiger partial charge is 0.479 e. The maximum Gasteiger partial charge on any atom is 0.408 e. The van der Waals surface area contributed by atoms with Gasteiger partial charge in [-0.05, 0) is 55.0 Å². The third-order valence-electron chi connectivity index (χ3n) is 2.12. The number of benzene rings is 1. The first-order valence-electron chi connectivity index (χ1n) is 5.67. The topological polar surface area (TPSA) is 75.6 Å². The number of rotatable bonds is 3. The number of nitrogens with one attached hydrogen (secondary N) is 1. The van der Waals surface area contributed by atoms with Gasteiger partial charge in [0.05, 0.1) is 0 Å². The zero-order valence-corrected chi connectivity index (χ0v) is 13.1. The number of carbonyl (C=O) groups excluding carboxylic acids is 1. The zero-order chi connectivity index (χ0) is 14.6. The fourth-order valence-corrected chi connectivity index (χ4v) is 2.11. The van der Waals surface area contributed by atoms with Crippen molar-refractivity contribution in [3.8, 4) is 0 Å². The molecule has 1 aromatic carbocycles. The molecule has 0 saturated heterocycles. The summed E-state index contributed by atoms with van der Waals surface area (Å²) in [5, 5.41) is 11.6. The summed E-state index contributed by atoms with van der Waals surface area (Å²) in [5.74, 6) is -1.13. The molecule has 0 spiro atoms. The zero-order valence-electron chi connectivity index (χ0n) is 10.9. The minimum absolute atomic E-state index is 0.529. The summed E-state index contributed by atoms with van der Waals surface area (Å²) in [5.41, 5.74) is -0.141. The molecule has 0 bridgehead atoms. The summed E-state index contributed by atoms with van der Waals surface area (Å²) in [4.78, 5) is 22.9. The Kier molecular flexibility index (Phi) is 5.16. The first-order chi connectivity index (χ1) is 8.70. The Labute approximate surface area is 125 Å². The van der Waals surface area contributed by atoms with Crippen LogP contribution in [0.15, 0.2) is 24.3 Å². The van der Waals surface area contributed by atoms with Gasteiger partial charge in [-0.3, -0.25) is 0 Å². The lowest BCUT2D eigenvalue weighted by Gasteiger charge is -2.22. The molecular formula is C13H16INO4. The third-order valence-corrected chi connectivity index (χ3v) is 3.11. The van der Waals surface area contributed by atoms with E-state index < -0.39 is 23.7 Å². The monoisotopic (exact) mass is 377 g/mol. The van der Waals surface area contributed by atoms with Crippen LogP contribution in [0.4, 0.5) is 4.79 Å². The molecule has 1 rings (SSSR count). The molecule has 0 unspecified atom stereocenters. The number of carbonyl (C=O) groups is 2. The molecule has 0 aliphatic rings. The Balaban J connectivity index is 2.89. The minimum Gasteiger partial charge on any atom is -0.479 e. The van der Waals surface area contributed by atoms with Crippen molar-refractivity contribution in [2.75, 3.05) is 0 Å². The summed E-state index contributed by atoms with van der Waals surface area (Å²) in [6, 6.07) is 5.85. The first kappa shape index (κ1) is 15.7. The number of ether oxygens (including phenoxy) is 1. The molecule has 0 radical (unpaired) electrons. The van der Waals surface area contributed by atoms with E-state index in [0.717, 1.165) is 3.57 Å². The molecule has 6 heteroatoms. The van der Waals surface area contributed by atoms with E-state index in [1.807, 2.05) is 22.6 Å². The standard InChI is InChI=1S/C13H16INO4/c1-13(2,3)19-12(18)15-10(11(16)17)8-6-4-5-7-9(8)14/h4-7,10H,1-3H3,(H,15,18)(H,16,17)/t10-/m1/s1. The Bertz CT molecular complexity index is 482. The first-order valence-corrected chi connectivity index (χ1v) is 6.75. The molecule has 5 nitrogen and oxygen atoms in total.